The zero-order valence-corrected chi connectivity index (χ0v) is 12.7. The van der Waals surface area contributed by atoms with Crippen molar-refractivity contribution in [3.8, 4) is 0 Å². The maximum Gasteiger partial charge on any atom is 0.0582 e. The van der Waals surface area contributed by atoms with Crippen molar-refractivity contribution in [2.75, 3.05) is 0 Å². The first-order chi connectivity index (χ1) is 7.61. The molecular formula is C12H11Br2NS. The number of thiophene rings is 1. The monoisotopic (exact) mass is 359 g/mol. The molecule has 0 aliphatic rings. The van der Waals surface area contributed by atoms with Crippen LogP contribution in [0, 0.1) is 6.92 Å². The number of benzene rings is 1. The van der Waals surface area contributed by atoms with E-state index in [0.29, 0.717) is 0 Å². The highest BCUT2D eigenvalue weighted by atomic mass is 79.9. The minimum atomic E-state index is -0.0881. The first-order valence-corrected chi connectivity index (χ1v) is 7.36. The fraction of sp³-hybridized carbons (Fsp3) is 0.167. The van der Waals surface area contributed by atoms with Crippen LogP contribution in [0.2, 0.25) is 0 Å². The van der Waals surface area contributed by atoms with Crippen molar-refractivity contribution in [2.45, 2.75) is 13.0 Å². The number of hydrogen-bond acceptors (Lipinski definition) is 2. The molecule has 84 valence electrons. The van der Waals surface area contributed by atoms with Crippen LogP contribution in [0.4, 0.5) is 0 Å². The van der Waals surface area contributed by atoms with Gasteiger partial charge in [-0.05, 0) is 44.9 Å². The van der Waals surface area contributed by atoms with E-state index in [2.05, 4.69) is 61.7 Å². The van der Waals surface area contributed by atoms with Gasteiger partial charge in [-0.3, -0.25) is 0 Å². The second-order valence-corrected chi connectivity index (χ2v) is 6.02. The summed E-state index contributed by atoms with van der Waals surface area (Å²) < 4.78 is 2.18. The van der Waals surface area contributed by atoms with Crippen LogP contribution in [0.15, 0.2) is 37.9 Å². The van der Waals surface area contributed by atoms with Gasteiger partial charge in [0.1, 0.15) is 0 Å². The largest absolute Gasteiger partial charge is 0.320 e. The molecule has 1 heterocycles. The Hall–Kier alpha value is -0.160. The van der Waals surface area contributed by atoms with Crippen LogP contribution in [0.25, 0.3) is 0 Å². The maximum atomic E-state index is 6.28. The van der Waals surface area contributed by atoms with Crippen molar-refractivity contribution < 1.29 is 0 Å². The molecule has 2 rings (SSSR count). The lowest BCUT2D eigenvalue weighted by molar-refractivity contribution is 0.864. The number of hydrogen-bond donors (Lipinski definition) is 1. The zero-order valence-electron chi connectivity index (χ0n) is 8.71. The summed E-state index contributed by atoms with van der Waals surface area (Å²) in [5.74, 6) is 0. The Bertz CT molecular complexity index is 507. The van der Waals surface area contributed by atoms with Crippen molar-refractivity contribution in [1.29, 1.82) is 0 Å². The predicted molar refractivity (Wildman–Crippen MR) is 76.9 cm³/mol. The van der Waals surface area contributed by atoms with Crippen molar-refractivity contribution in [3.05, 3.63) is 54.6 Å². The Morgan fingerprint density at radius 1 is 1.19 bits per heavy atom. The Morgan fingerprint density at radius 2 is 1.94 bits per heavy atom. The van der Waals surface area contributed by atoms with Crippen LogP contribution in [-0.4, -0.2) is 0 Å². The molecule has 4 heteroatoms. The van der Waals surface area contributed by atoms with Crippen molar-refractivity contribution in [2.24, 2.45) is 5.73 Å². The van der Waals surface area contributed by atoms with Gasteiger partial charge in [-0.1, -0.05) is 34.1 Å². The standard InChI is InChI=1S/C12H11Br2NS/c1-7-3-2-4-8(11(7)14)12(15)9-5-16-6-10(9)13/h2-6,12H,15H2,1H3. The molecule has 0 saturated heterocycles. The van der Waals surface area contributed by atoms with E-state index in [1.54, 1.807) is 11.3 Å². The number of halogens is 2. The normalized spacial score (nSPS) is 12.8. The fourth-order valence-electron chi connectivity index (χ4n) is 1.59. The molecule has 1 aromatic heterocycles. The number of aryl methyl sites for hydroxylation is 1. The van der Waals surface area contributed by atoms with Gasteiger partial charge in [0.2, 0.25) is 0 Å². The van der Waals surface area contributed by atoms with E-state index < -0.39 is 0 Å². The highest BCUT2D eigenvalue weighted by molar-refractivity contribution is 9.11. The highest BCUT2D eigenvalue weighted by Gasteiger charge is 2.16. The fourth-order valence-corrected chi connectivity index (χ4v) is 3.68. The molecule has 1 atom stereocenters. The summed E-state index contributed by atoms with van der Waals surface area (Å²) in [6.07, 6.45) is 0. The van der Waals surface area contributed by atoms with Crippen LogP contribution in [-0.2, 0) is 0 Å². The van der Waals surface area contributed by atoms with E-state index in [1.165, 1.54) is 5.56 Å². The van der Waals surface area contributed by atoms with Gasteiger partial charge >= 0.3 is 0 Å². The molecule has 0 saturated carbocycles. The van der Waals surface area contributed by atoms with E-state index >= 15 is 0 Å². The van der Waals surface area contributed by atoms with Gasteiger partial charge in [0.25, 0.3) is 0 Å². The van der Waals surface area contributed by atoms with Crippen molar-refractivity contribution >= 4 is 43.2 Å². The molecule has 1 nitrogen and oxygen atoms in total. The second-order valence-electron chi connectivity index (χ2n) is 3.63. The van der Waals surface area contributed by atoms with Gasteiger partial charge in [-0.25, -0.2) is 0 Å². The molecule has 0 spiro atoms. The van der Waals surface area contributed by atoms with Crippen LogP contribution < -0.4 is 5.73 Å². The molecule has 0 bridgehead atoms. The first kappa shape index (κ1) is 12.3. The molecule has 0 amide bonds. The molecule has 1 unspecified atom stereocenters. The zero-order chi connectivity index (χ0) is 11.7. The van der Waals surface area contributed by atoms with Crippen LogP contribution in [0.3, 0.4) is 0 Å². The smallest absolute Gasteiger partial charge is 0.0582 e. The van der Waals surface area contributed by atoms with Gasteiger partial charge < -0.3 is 5.73 Å². The summed E-state index contributed by atoms with van der Waals surface area (Å²) in [4.78, 5) is 0. The Labute approximate surface area is 116 Å². The minimum absolute atomic E-state index is 0.0881. The summed E-state index contributed by atoms with van der Waals surface area (Å²) in [7, 11) is 0. The van der Waals surface area contributed by atoms with Crippen molar-refractivity contribution in [3.63, 3.8) is 0 Å². The van der Waals surface area contributed by atoms with Crippen molar-refractivity contribution in [1.82, 2.24) is 0 Å². The van der Waals surface area contributed by atoms with E-state index in [9.17, 15) is 0 Å². The van der Waals surface area contributed by atoms with E-state index in [-0.39, 0.29) is 6.04 Å². The summed E-state index contributed by atoms with van der Waals surface area (Å²) in [6, 6.07) is 6.08. The van der Waals surface area contributed by atoms with Crippen LogP contribution in [0.5, 0.6) is 0 Å². The lowest BCUT2D eigenvalue weighted by Gasteiger charge is -2.14. The van der Waals surface area contributed by atoms with Gasteiger partial charge in [0.05, 0.1) is 6.04 Å². The summed E-state index contributed by atoms with van der Waals surface area (Å²) in [5.41, 5.74) is 9.75. The van der Waals surface area contributed by atoms with Gasteiger partial charge in [-0.2, -0.15) is 11.3 Å². The highest BCUT2D eigenvalue weighted by Crippen LogP contribution is 2.34. The average Bonchev–Trinajstić information content (AvgIpc) is 2.68. The third kappa shape index (κ3) is 2.25. The molecule has 1 aromatic carbocycles. The topological polar surface area (TPSA) is 26.0 Å². The molecule has 16 heavy (non-hydrogen) atoms. The number of rotatable bonds is 2. The first-order valence-electron chi connectivity index (χ1n) is 4.83. The molecule has 0 aliphatic heterocycles. The Kier molecular flexibility index (Phi) is 3.85. The molecule has 0 fully saturated rings. The lowest BCUT2D eigenvalue weighted by Crippen LogP contribution is -2.12. The SMILES string of the molecule is Cc1cccc(C(N)c2cscc2Br)c1Br. The van der Waals surface area contributed by atoms with E-state index in [0.717, 1.165) is 20.1 Å². The minimum Gasteiger partial charge on any atom is -0.320 e. The quantitative estimate of drug-likeness (QED) is 0.830. The van der Waals surface area contributed by atoms with E-state index in [4.69, 9.17) is 5.73 Å². The summed E-state index contributed by atoms with van der Waals surface area (Å²) in [6.45, 7) is 2.07. The molecule has 0 aliphatic carbocycles. The van der Waals surface area contributed by atoms with Gasteiger partial charge in [0.15, 0.2) is 0 Å². The summed E-state index contributed by atoms with van der Waals surface area (Å²) >= 11 is 8.78. The third-order valence-electron chi connectivity index (χ3n) is 2.53. The average molecular weight is 361 g/mol. The van der Waals surface area contributed by atoms with Crippen LogP contribution in [0.1, 0.15) is 22.7 Å². The maximum absolute atomic E-state index is 6.28. The lowest BCUT2D eigenvalue weighted by atomic mass is 10.0. The van der Waals surface area contributed by atoms with E-state index in [1.807, 2.05) is 6.07 Å². The molecule has 0 radical (unpaired) electrons. The molecule has 2 aromatic rings. The molecule has 2 N–H and O–H groups in total. The number of nitrogens with two attached hydrogens (primary N) is 1. The van der Waals surface area contributed by atoms with Gasteiger partial charge in [0, 0.05) is 14.3 Å². The van der Waals surface area contributed by atoms with Crippen LogP contribution >= 0.6 is 43.2 Å². The Balaban J connectivity index is 2.46. The van der Waals surface area contributed by atoms with Gasteiger partial charge in [-0.15, -0.1) is 0 Å². The predicted octanol–water partition coefficient (Wildman–Crippen LogP) is 4.63. The second kappa shape index (κ2) is 5.00. The Morgan fingerprint density at radius 3 is 2.56 bits per heavy atom. The summed E-state index contributed by atoms with van der Waals surface area (Å²) in [5, 5.41) is 4.14. The molecular weight excluding hydrogens is 350 g/mol. The third-order valence-corrected chi connectivity index (χ3v) is 5.37.